The Kier molecular flexibility index (Phi) is 3.57. The minimum Gasteiger partial charge on any atom is -0.460 e. The Morgan fingerprint density at radius 2 is 2.00 bits per heavy atom. The molecule has 1 aromatic heterocycles. The molecule has 1 saturated carbocycles. The predicted molar refractivity (Wildman–Crippen MR) is 98.6 cm³/mol. The first-order chi connectivity index (χ1) is 14.0. The maximum Gasteiger partial charge on any atom is 0.342 e. The van der Waals surface area contributed by atoms with Gasteiger partial charge in [0.05, 0.1) is 19.8 Å². The molecule has 2 aliphatic heterocycles. The highest BCUT2D eigenvalue weighted by molar-refractivity contribution is 6.13. The Morgan fingerprint density at radius 3 is 2.76 bits per heavy atom. The Bertz CT molecular complexity index is 950. The van der Waals surface area contributed by atoms with Gasteiger partial charge in [-0.3, -0.25) is 4.79 Å². The summed E-state index contributed by atoms with van der Waals surface area (Å²) in [7, 11) is 1.59. The SMILES string of the molecule is COC[C@H]1OC(=O)c2coc3c2C1C1=C(C3=O)[C@@H]2CCC3(OCCO3)C2(C)CC1. The molecule has 3 aliphatic carbocycles. The molecular weight excluding hydrogens is 376 g/mol. The van der Waals surface area contributed by atoms with Crippen molar-refractivity contribution in [3.63, 3.8) is 0 Å². The fourth-order valence-corrected chi connectivity index (χ4v) is 6.62. The zero-order chi connectivity index (χ0) is 20.0. The molecule has 1 spiro atoms. The van der Waals surface area contributed by atoms with Crippen molar-refractivity contribution in [2.24, 2.45) is 11.3 Å². The zero-order valence-corrected chi connectivity index (χ0v) is 16.6. The van der Waals surface area contributed by atoms with E-state index in [9.17, 15) is 9.59 Å². The molecule has 0 aromatic carbocycles. The normalized spacial score (nSPS) is 36.8. The highest BCUT2D eigenvalue weighted by Crippen LogP contribution is 2.65. The van der Waals surface area contributed by atoms with Crippen LogP contribution in [0.15, 0.2) is 21.8 Å². The van der Waals surface area contributed by atoms with Crippen LogP contribution in [0.4, 0.5) is 0 Å². The number of ether oxygens (including phenoxy) is 4. The molecular formula is C22H24O7. The molecule has 5 aliphatic rings. The molecule has 0 radical (unpaired) electrons. The fourth-order valence-electron chi connectivity index (χ4n) is 6.62. The monoisotopic (exact) mass is 400 g/mol. The number of furan rings is 1. The molecule has 4 atom stereocenters. The number of hydrogen-bond donors (Lipinski definition) is 0. The second-order valence-electron chi connectivity index (χ2n) is 9.00. The molecule has 7 nitrogen and oxygen atoms in total. The van der Waals surface area contributed by atoms with Crippen molar-refractivity contribution in [2.45, 2.75) is 50.4 Å². The maximum atomic E-state index is 13.6. The lowest BCUT2D eigenvalue weighted by Crippen LogP contribution is -2.50. The molecule has 7 heteroatoms. The Morgan fingerprint density at radius 1 is 1.21 bits per heavy atom. The molecule has 1 aromatic rings. The molecule has 29 heavy (non-hydrogen) atoms. The van der Waals surface area contributed by atoms with Crippen LogP contribution >= 0.6 is 0 Å². The fraction of sp³-hybridized carbons (Fsp3) is 0.636. The van der Waals surface area contributed by atoms with Crippen molar-refractivity contribution in [1.82, 2.24) is 0 Å². The van der Waals surface area contributed by atoms with Crippen molar-refractivity contribution in [3.05, 3.63) is 34.3 Å². The maximum absolute atomic E-state index is 13.6. The molecule has 0 N–H and O–H groups in total. The number of rotatable bonds is 2. The third-order valence-corrected chi connectivity index (χ3v) is 7.91. The first-order valence-corrected chi connectivity index (χ1v) is 10.4. The van der Waals surface area contributed by atoms with E-state index in [1.54, 1.807) is 7.11 Å². The molecule has 154 valence electrons. The van der Waals surface area contributed by atoms with Gasteiger partial charge in [0, 0.05) is 36.0 Å². The van der Waals surface area contributed by atoms with Crippen LogP contribution in [0, 0.1) is 11.3 Å². The van der Waals surface area contributed by atoms with Crippen molar-refractivity contribution >= 4 is 11.8 Å². The van der Waals surface area contributed by atoms with Gasteiger partial charge in [-0.1, -0.05) is 12.5 Å². The third-order valence-electron chi connectivity index (χ3n) is 7.91. The summed E-state index contributed by atoms with van der Waals surface area (Å²) in [6, 6.07) is 0. The van der Waals surface area contributed by atoms with Crippen molar-refractivity contribution in [1.29, 1.82) is 0 Å². The second kappa shape index (κ2) is 5.80. The molecule has 2 fully saturated rings. The summed E-state index contributed by atoms with van der Waals surface area (Å²) in [5, 5.41) is 0. The van der Waals surface area contributed by atoms with Crippen LogP contribution in [0.3, 0.4) is 0 Å². The largest absolute Gasteiger partial charge is 0.460 e. The Labute approximate surface area is 168 Å². The highest BCUT2D eigenvalue weighted by atomic mass is 16.7. The van der Waals surface area contributed by atoms with Crippen molar-refractivity contribution in [2.75, 3.05) is 26.9 Å². The van der Waals surface area contributed by atoms with E-state index in [1.807, 2.05) is 0 Å². The summed E-state index contributed by atoms with van der Waals surface area (Å²) in [4.78, 5) is 26.0. The summed E-state index contributed by atoms with van der Waals surface area (Å²) >= 11 is 0. The lowest BCUT2D eigenvalue weighted by Gasteiger charge is -2.49. The second-order valence-corrected chi connectivity index (χ2v) is 9.00. The van der Waals surface area contributed by atoms with Gasteiger partial charge in [-0.25, -0.2) is 4.79 Å². The van der Waals surface area contributed by atoms with Crippen molar-refractivity contribution in [3.8, 4) is 0 Å². The molecule has 0 bridgehead atoms. The van der Waals surface area contributed by atoms with Gasteiger partial charge >= 0.3 is 5.97 Å². The number of carbonyl (C=O) groups is 2. The van der Waals surface area contributed by atoms with Crippen LogP contribution in [0.5, 0.6) is 0 Å². The Hall–Kier alpha value is -1.96. The lowest BCUT2D eigenvalue weighted by molar-refractivity contribution is -0.225. The van der Waals surface area contributed by atoms with E-state index in [4.69, 9.17) is 23.4 Å². The van der Waals surface area contributed by atoms with E-state index >= 15 is 0 Å². The van der Waals surface area contributed by atoms with Gasteiger partial charge in [-0.2, -0.15) is 0 Å². The van der Waals surface area contributed by atoms with E-state index in [0.717, 1.165) is 36.8 Å². The van der Waals surface area contributed by atoms with Crippen LogP contribution < -0.4 is 0 Å². The van der Waals surface area contributed by atoms with E-state index in [0.29, 0.717) is 30.1 Å². The summed E-state index contributed by atoms with van der Waals surface area (Å²) in [5.41, 5.74) is 2.71. The molecule has 0 amide bonds. The van der Waals surface area contributed by atoms with Crippen LogP contribution in [-0.2, 0) is 18.9 Å². The minimum absolute atomic E-state index is 0.0411. The first-order valence-electron chi connectivity index (χ1n) is 10.4. The quantitative estimate of drug-likeness (QED) is 0.706. The summed E-state index contributed by atoms with van der Waals surface area (Å²) < 4.78 is 29.0. The summed E-state index contributed by atoms with van der Waals surface area (Å²) in [6.07, 6.45) is 4.16. The van der Waals surface area contributed by atoms with Crippen LogP contribution in [0.1, 0.15) is 65.0 Å². The average Bonchev–Trinajstić information content (AvgIpc) is 3.41. The lowest BCUT2D eigenvalue weighted by atomic mass is 9.59. The standard InChI is InChI=1S/C22H24O7/c1-21-5-3-11-15(13(21)4-6-22(21)27-7-8-28-22)18(23)19-17-12(9-26-19)20(24)29-14(10-25-2)16(11)17/h9,13-14,16H,3-8,10H2,1-2H3/t13-,14+,16?,21?/m0/s1. The number of esters is 1. The van der Waals surface area contributed by atoms with Gasteiger partial charge in [0.15, 0.2) is 11.5 Å². The Balaban J connectivity index is 1.51. The topological polar surface area (TPSA) is 84.2 Å². The van der Waals surface area contributed by atoms with Gasteiger partial charge in [0.2, 0.25) is 5.78 Å². The van der Waals surface area contributed by atoms with Gasteiger partial charge in [-0.05, 0) is 25.2 Å². The molecule has 3 heterocycles. The number of carbonyl (C=O) groups excluding carboxylic acids is 2. The van der Waals surface area contributed by atoms with Crippen LogP contribution in [-0.4, -0.2) is 50.6 Å². The number of allylic oxidation sites excluding steroid dienone is 1. The van der Waals surface area contributed by atoms with E-state index < -0.39 is 17.9 Å². The molecule has 2 unspecified atom stereocenters. The van der Waals surface area contributed by atoms with Crippen LogP contribution in [0.2, 0.25) is 0 Å². The van der Waals surface area contributed by atoms with Crippen molar-refractivity contribution < 1.29 is 33.0 Å². The van der Waals surface area contributed by atoms with E-state index in [-0.39, 0.29) is 29.6 Å². The number of ketones is 1. The third kappa shape index (κ3) is 2.03. The number of fused-ring (bicyclic) bond motifs is 4. The van der Waals surface area contributed by atoms with Crippen LogP contribution in [0.25, 0.3) is 0 Å². The summed E-state index contributed by atoms with van der Waals surface area (Å²) in [6.45, 7) is 3.68. The molecule has 6 rings (SSSR count). The first kappa shape index (κ1) is 17.9. The zero-order valence-electron chi connectivity index (χ0n) is 16.6. The van der Waals surface area contributed by atoms with Gasteiger partial charge in [0.25, 0.3) is 0 Å². The summed E-state index contributed by atoms with van der Waals surface area (Å²) in [5.74, 6) is -0.988. The number of cyclic esters (lactones) is 1. The number of hydrogen-bond acceptors (Lipinski definition) is 7. The van der Waals surface area contributed by atoms with Gasteiger partial charge in [0.1, 0.15) is 17.9 Å². The molecule has 1 saturated heterocycles. The smallest absolute Gasteiger partial charge is 0.342 e. The average molecular weight is 400 g/mol. The number of methoxy groups -OCH3 is 1. The minimum atomic E-state index is -0.601. The highest BCUT2D eigenvalue weighted by Gasteiger charge is 2.65. The predicted octanol–water partition coefficient (Wildman–Crippen LogP) is 2.99. The van der Waals surface area contributed by atoms with Gasteiger partial charge in [-0.15, -0.1) is 0 Å². The number of Topliss-reactive ketones (excluding diaryl/α,β-unsaturated/α-hetero) is 1. The van der Waals surface area contributed by atoms with E-state index in [2.05, 4.69) is 6.92 Å². The van der Waals surface area contributed by atoms with E-state index in [1.165, 1.54) is 6.26 Å². The van der Waals surface area contributed by atoms with Gasteiger partial charge < -0.3 is 23.4 Å².